The van der Waals surface area contributed by atoms with E-state index in [4.69, 9.17) is 4.42 Å². The summed E-state index contributed by atoms with van der Waals surface area (Å²) < 4.78 is 31.6. The molecule has 6 nitrogen and oxygen atoms in total. The van der Waals surface area contributed by atoms with E-state index in [1.807, 2.05) is 38.1 Å². The average Bonchev–Trinajstić information content (AvgIpc) is 3.04. The van der Waals surface area contributed by atoms with Crippen LogP contribution in [0.1, 0.15) is 29.9 Å². The molecule has 2 aromatic carbocycles. The second-order valence-electron chi connectivity index (χ2n) is 6.43. The highest BCUT2D eigenvalue weighted by molar-refractivity contribution is 7.89. The summed E-state index contributed by atoms with van der Waals surface area (Å²) in [6.07, 6.45) is 3.04. The highest BCUT2D eigenvalue weighted by Gasteiger charge is 2.17. The molecule has 0 aliphatic carbocycles. The van der Waals surface area contributed by atoms with Crippen LogP contribution in [0.2, 0.25) is 0 Å². The van der Waals surface area contributed by atoms with Crippen LogP contribution in [-0.4, -0.2) is 21.4 Å². The van der Waals surface area contributed by atoms with Gasteiger partial charge in [0.1, 0.15) is 11.3 Å². The molecule has 0 aliphatic heterocycles. The molecule has 1 aromatic heterocycles. The molecule has 2 N–H and O–H groups in total. The number of aryl methyl sites for hydroxylation is 1. The number of carbonyl (C=O) groups excluding carboxylic acids is 1. The van der Waals surface area contributed by atoms with Crippen molar-refractivity contribution in [2.24, 2.45) is 0 Å². The van der Waals surface area contributed by atoms with E-state index < -0.39 is 10.0 Å². The fourth-order valence-corrected chi connectivity index (χ4v) is 3.71. The highest BCUT2D eigenvalue weighted by Crippen LogP contribution is 2.29. The zero-order valence-electron chi connectivity index (χ0n) is 15.9. The number of carbonyl (C=O) groups is 1. The van der Waals surface area contributed by atoms with Gasteiger partial charge in [-0.05, 0) is 50.7 Å². The summed E-state index contributed by atoms with van der Waals surface area (Å²) in [6.45, 7) is 3.84. The summed E-state index contributed by atoms with van der Waals surface area (Å²) >= 11 is 0. The van der Waals surface area contributed by atoms with Crippen LogP contribution in [0.3, 0.4) is 0 Å². The van der Waals surface area contributed by atoms with Crippen molar-refractivity contribution in [1.82, 2.24) is 10.0 Å². The number of benzene rings is 2. The zero-order valence-corrected chi connectivity index (χ0v) is 16.7. The van der Waals surface area contributed by atoms with E-state index in [0.717, 1.165) is 27.9 Å². The van der Waals surface area contributed by atoms with Gasteiger partial charge in [0.25, 0.3) is 0 Å². The standard InChI is InChI=1S/C21H22N2O4S/c1-14-18-6-4-5-7-19(18)27-21(14)15(2)23-20(24)13-10-16-8-11-17(12-9-16)28(25,26)22-3/h4-13,15,22H,1-3H3,(H,23,24). The third-order valence-corrected chi connectivity index (χ3v) is 5.95. The van der Waals surface area contributed by atoms with Gasteiger partial charge in [-0.1, -0.05) is 30.3 Å². The van der Waals surface area contributed by atoms with Gasteiger partial charge in [0.05, 0.1) is 10.9 Å². The molecule has 1 unspecified atom stereocenters. The van der Waals surface area contributed by atoms with Crippen molar-refractivity contribution in [3.8, 4) is 0 Å². The van der Waals surface area contributed by atoms with Crippen molar-refractivity contribution in [3.05, 3.63) is 71.5 Å². The number of nitrogens with one attached hydrogen (secondary N) is 2. The predicted octanol–water partition coefficient (Wildman–Crippen LogP) is 3.54. The Morgan fingerprint density at radius 2 is 1.79 bits per heavy atom. The molecular weight excluding hydrogens is 376 g/mol. The van der Waals surface area contributed by atoms with Crippen molar-refractivity contribution in [1.29, 1.82) is 0 Å². The second kappa shape index (κ2) is 8.00. The van der Waals surface area contributed by atoms with Crippen molar-refractivity contribution in [2.75, 3.05) is 7.05 Å². The van der Waals surface area contributed by atoms with Crippen molar-refractivity contribution < 1.29 is 17.6 Å². The molecule has 7 heteroatoms. The maximum Gasteiger partial charge on any atom is 0.244 e. The van der Waals surface area contributed by atoms with Crippen molar-refractivity contribution >= 4 is 33.0 Å². The number of amides is 1. The SMILES string of the molecule is CNS(=O)(=O)c1ccc(C=CC(=O)NC(C)c2oc3ccccc3c2C)cc1. The Kier molecular flexibility index (Phi) is 5.67. The molecule has 1 amide bonds. The van der Waals surface area contributed by atoms with E-state index in [1.165, 1.54) is 25.3 Å². The molecule has 0 aliphatic rings. The van der Waals surface area contributed by atoms with E-state index in [1.54, 1.807) is 18.2 Å². The van der Waals surface area contributed by atoms with Gasteiger partial charge in [0, 0.05) is 17.0 Å². The van der Waals surface area contributed by atoms with Crippen LogP contribution in [0.4, 0.5) is 0 Å². The van der Waals surface area contributed by atoms with Gasteiger partial charge in [-0.3, -0.25) is 4.79 Å². The lowest BCUT2D eigenvalue weighted by molar-refractivity contribution is -0.117. The number of hydrogen-bond acceptors (Lipinski definition) is 4. The third-order valence-electron chi connectivity index (χ3n) is 4.52. The van der Waals surface area contributed by atoms with E-state index in [2.05, 4.69) is 10.0 Å². The van der Waals surface area contributed by atoms with Gasteiger partial charge in [-0.15, -0.1) is 0 Å². The smallest absolute Gasteiger partial charge is 0.244 e. The second-order valence-corrected chi connectivity index (χ2v) is 8.31. The Morgan fingerprint density at radius 1 is 1.11 bits per heavy atom. The molecule has 1 atom stereocenters. The van der Waals surface area contributed by atoms with Crippen LogP contribution in [0.25, 0.3) is 17.0 Å². The van der Waals surface area contributed by atoms with Crippen LogP contribution in [0.5, 0.6) is 0 Å². The molecule has 3 aromatic rings. The fourth-order valence-electron chi connectivity index (χ4n) is 2.98. The first kappa shape index (κ1) is 19.9. The normalized spacial score (nSPS) is 13.1. The van der Waals surface area contributed by atoms with Gasteiger partial charge < -0.3 is 9.73 Å². The van der Waals surface area contributed by atoms with Crippen LogP contribution in [0.15, 0.2) is 63.9 Å². The number of fused-ring (bicyclic) bond motifs is 1. The van der Waals surface area contributed by atoms with Gasteiger partial charge in [0.2, 0.25) is 15.9 Å². The summed E-state index contributed by atoms with van der Waals surface area (Å²) in [5.74, 6) is 0.462. The van der Waals surface area contributed by atoms with Crippen molar-refractivity contribution in [2.45, 2.75) is 24.8 Å². The quantitative estimate of drug-likeness (QED) is 0.622. The van der Waals surface area contributed by atoms with Crippen LogP contribution in [0, 0.1) is 6.92 Å². The minimum atomic E-state index is -3.47. The lowest BCUT2D eigenvalue weighted by Gasteiger charge is -2.10. The number of rotatable bonds is 6. The van der Waals surface area contributed by atoms with Crippen LogP contribution in [-0.2, 0) is 14.8 Å². The third kappa shape index (κ3) is 4.16. The Morgan fingerprint density at radius 3 is 2.43 bits per heavy atom. The number of sulfonamides is 1. The van der Waals surface area contributed by atoms with E-state index >= 15 is 0 Å². The van der Waals surface area contributed by atoms with E-state index in [0.29, 0.717) is 0 Å². The molecule has 28 heavy (non-hydrogen) atoms. The monoisotopic (exact) mass is 398 g/mol. The summed E-state index contributed by atoms with van der Waals surface area (Å²) in [7, 11) is -2.11. The van der Waals surface area contributed by atoms with E-state index in [9.17, 15) is 13.2 Å². The molecule has 0 spiro atoms. The lowest BCUT2D eigenvalue weighted by atomic mass is 10.1. The van der Waals surface area contributed by atoms with Gasteiger partial charge in [0.15, 0.2) is 0 Å². The Bertz CT molecular complexity index is 1130. The molecule has 0 saturated carbocycles. The maximum atomic E-state index is 12.3. The topological polar surface area (TPSA) is 88.4 Å². The van der Waals surface area contributed by atoms with Gasteiger partial charge in [-0.25, -0.2) is 13.1 Å². The first-order chi connectivity index (χ1) is 13.3. The number of para-hydroxylation sites is 1. The molecule has 146 valence electrons. The van der Waals surface area contributed by atoms with Crippen molar-refractivity contribution in [3.63, 3.8) is 0 Å². The molecule has 0 radical (unpaired) electrons. The average molecular weight is 398 g/mol. The Balaban J connectivity index is 1.68. The summed E-state index contributed by atoms with van der Waals surface area (Å²) in [5.41, 5.74) is 2.52. The minimum Gasteiger partial charge on any atom is -0.459 e. The number of furan rings is 1. The van der Waals surface area contributed by atoms with Gasteiger partial charge in [-0.2, -0.15) is 0 Å². The molecule has 3 rings (SSSR count). The molecule has 0 fully saturated rings. The molecule has 1 heterocycles. The largest absolute Gasteiger partial charge is 0.459 e. The molecule has 0 saturated heterocycles. The lowest BCUT2D eigenvalue weighted by Crippen LogP contribution is -2.24. The predicted molar refractivity (Wildman–Crippen MR) is 109 cm³/mol. The number of hydrogen-bond donors (Lipinski definition) is 2. The highest BCUT2D eigenvalue weighted by atomic mass is 32.2. The Labute approximate surface area is 164 Å². The summed E-state index contributed by atoms with van der Waals surface area (Å²) in [4.78, 5) is 12.4. The minimum absolute atomic E-state index is 0.172. The fraction of sp³-hybridized carbons (Fsp3) is 0.190. The summed E-state index contributed by atoms with van der Waals surface area (Å²) in [6, 6.07) is 13.7. The zero-order chi connectivity index (χ0) is 20.3. The Hall–Kier alpha value is -2.90. The van der Waals surface area contributed by atoms with E-state index in [-0.39, 0.29) is 16.8 Å². The maximum absolute atomic E-state index is 12.3. The van der Waals surface area contributed by atoms with Crippen LogP contribution >= 0.6 is 0 Å². The van der Waals surface area contributed by atoms with Gasteiger partial charge >= 0.3 is 0 Å². The van der Waals surface area contributed by atoms with Crippen LogP contribution < -0.4 is 10.0 Å². The molecule has 0 bridgehead atoms. The first-order valence-corrected chi connectivity index (χ1v) is 10.3. The molecular formula is C21H22N2O4S. The summed E-state index contributed by atoms with van der Waals surface area (Å²) in [5, 5.41) is 3.92. The first-order valence-electron chi connectivity index (χ1n) is 8.82.